The van der Waals surface area contributed by atoms with Crippen molar-refractivity contribution >= 4 is 5.69 Å². The SMILES string of the molecule is CO[C@H](ON1C(C)(C)CCCC1(C)C)c1ccccc1[N+](=O)[O-]. The molecule has 1 aromatic rings. The van der Waals surface area contributed by atoms with Crippen molar-refractivity contribution in [3.05, 3.63) is 39.9 Å². The van der Waals surface area contributed by atoms with Gasteiger partial charge in [-0.1, -0.05) is 12.1 Å². The molecule has 0 saturated carbocycles. The fourth-order valence-corrected chi connectivity index (χ4v) is 3.44. The number of rotatable bonds is 5. The normalized spacial score (nSPS) is 21.8. The van der Waals surface area contributed by atoms with E-state index in [1.54, 1.807) is 18.2 Å². The van der Waals surface area contributed by atoms with E-state index in [9.17, 15) is 10.1 Å². The van der Waals surface area contributed by atoms with Gasteiger partial charge in [0.2, 0.25) is 6.29 Å². The van der Waals surface area contributed by atoms with Gasteiger partial charge in [-0.2, -0.15) is 5.06 Å². The Hall–Kier alpha value is -1.50. The van der Waals surface area contributed by atoms with E-state index in [1.165, 1.54) is 13.2 Å². The largest absolute Gasteiger partial charge is 0.350 e. The molecule has 0 bridgehead atoms. The third-order valence-electron chi connectivity index (χ3n) is 4.48. The van der Waals surface area contributed by atoms with Crippen LogP contribution >= 0.6 is 0 Å². The average Bonchev–Trinajstić information content (AvgIpc) is 2.46. The zero-order valence-corrected chi connectivity index (χ0v) is 14.5. The van der Waals surface area contributed by atoms with Crippen LogP contribution in [0.1, 0.15) is 58.8 Å². The standard InChI is InChI=1S/C17H26N2O4/c1-16(2)11-8-12-17(3,4)19(16)23-15(22-5)13-9-6-7-10-14(13)18(20)21/h6-7,9-10,15H,8,11-12H2,1-5H3/t15-/m1/s1. The van der Waals surface area contributed by atoms with Gasteiger partial charge < -0.3 is 4.74 Å². The minimum Gasteiger partial charge on any atom is -0.350 e. The van der Waals surface area contributed by atoms with Crippen molar-refractivity contribution in [3.63, 3.8) is 0 Å². The zero-order valence-electron chi connectivity index (χ0n) is 14.5. The lowest BCUT2D eigenvalue weighted by Crippen LogP contribution is -2.58. The Morgan fingerprint density at radius 3 is 2.26 bits per heavy atom. The highest BCUT2D eigenvalue weighted by Crippen LogP contribution is 2.41. The van der Waals surface area contributed by atoms with Gasteiger partial charge in [0, 0.05) is 24.3 Å². The van der Waals surface area contributed by atoms with Gasteiger partial charge in [-0.05, 0) is 53.0 Å². The van der Waals surface area contributed by atoms with Crippen LogP contribution in [0.3, 0.4) is 0 Å². The zero-order chi connectivity index (χ0) is 17.3. The summed E-state index contributed by atoms with van der Waals surface area (Å²) in [6.45, 7) is 8.50. The number of nitro benzene ring substituents is 1. The molecular formula is C17H26N2O4. The van der Waals surface area contributed by atoms with Crippen LogP contribution in [0.15, 0.2) is 24.3 Å². The second-order valence-electron chi connectivity index (χ2n) is 7.26. The molecule has 1 aliphatic heterocycles. The lowest BCUT2D eigenvalue weighted by Gasteiger charge is -2.52. The first-order valence-corrected chi connectivity index (χ1v) is 7.92. The Kier molecular flexibility index (Phi) is 5.08. The van der Waals surface area contributed by atoms with Crippen molar-refractivity contribution in [2.45, 2.75) is 64.3 Å². The summed E-state index contributed by atoms with van der Waals surface area (Å²) in [6, 6.07) is 6.54. The molecule has 0 radical (unpaired) electrons. The average molecular weight is 322 g/mol. The lowest BCUT2D eigenvalue weighted by atomic mass is 9.82. The topological polar surface area (TPSA) is 64.8 Å². The Balaban J connectivity index is 2.34. The van der Waals surface area contributed by atoms with Crippen LogP contribution in [0, 0.1) is 10.1 Å². The van der Waals surface area contributed by atoms with E-state index in [0.717, 1.165) is 19.3 Å². The molecule has 1 fully saturated rings. The van der Waals surface area contributed by atoms with Crippen molar-refractivity contribution in [1.29, 1.82) is 0 Å². The Morgan fingerprint density at radius 1 is 1.17 bits per heavy atom. The van der Waals surface area contributed by atoms with E-state index in [0.29, 0.717) is 5.56 Å². The van der Waals surface area contributed by atoms with Crippen LogP contribution < -0.4 is 0 Å². The molecule has 6 nitrogen and oxygen atoms in total. The van der Waals surface area contributed by atoms with Crippen LogP contribution in [0.5, 0.6) is 0 Å². The fourth-order valence-electron chi connectivity index (χ4n) is 3.44. The first-order chi connectivity index (χ1) is 10.7. The molecule has 0 aliphatic carbocycles. The molecule has 1 aromatic carbocycles. The van der Waals surface area contributed by atoms with Gasteiger partial charge in [0.15, 0.2) is 0 Å². The predicted octanol–water partition coefficient (Wildman–Crippen LogP) is 4.21. The fraction of sp³-hybridized carbons (Fsp3) is 0.647. The van der Waals surface area contributed by atoms with E-state index >= 15 is 0 Å². The number of piperidine rings is 1. The van der Waals surface area contributed by atoms with Gasteiger partial charge in [-0.15, -0.1) is 0 Å². The van der Waals surface area contributed by atoms with Crippen molar-refractivity contribution in [1.82, 2.24) is 5.06 Å². The molecule has 0 N–H and O–H groups in total. The van der Waals surface area contributed by atoms with Crippen molar-refractivity contribution in [3.8, 4) is 0 Å². The maximum Gasteiger partial charge on any atom is 0.277 e. The number of benzene rings is 1. The first kappa shape index (κ1) is 17.8. The van der Waals surface area contributed by atoms with E-state index < -0.39 is 11.2 Å². The lowest BCUT2D eigenvalue weighted by molar-refractivity contribution is -0.392. The Labute approximate surface area is 137 Å². The summed E-state index contributed by atoms with van der Waals surface area (Å²) in [6.07, 6.45) is 2.32. The second kappa shape index (κ2) is 6.55. The quantitative estimate of drug-likeness (QED) is 0.461. The summed E-state index contributed by atoms with van der Waals surface area (Å²) in [7, 11) is 1.51. The van der Waals surface area contributed by atoms with Gasteiger partial charge in [0.25, 0.3) is 5.69 Å². The van der Waals surface area contributed by atoms with Gasteiger partial charge in [0.1, 0.15) is 0 Å². The molecule has 0 unspecified atom stereocenters. The molecule has 1 saturated heterocycles. The first-order valence-electron chi connectivity index (χ1n) is 7.92. The predicted molar refractivity (Wildman–Crippen MR) is 87.8 cm³/mol. The molecule has 1 atom stereocenters. The maximum atomic E-state index is 11.3. The molecule has 0 spiro atoms. The number of hydrogen-bond donors (Lipinski definition) is 0. The maximum absolute atomic E-state index is 11.3. The number of nitro groups is 1. The van der Waals surface area contributed by atoms with Crippen molar-refractivity contribution < 1.29 is 14.5 Å². The van der Waals surface area contributed by atoms with Gasteiger partial charge in [-0.3, -0.25) is 15.0 Å². The number of nitrogens with zero attached hydrogens (tertiary/aromatic N) is 2. The number of hydroxylamine groups is 2. The molecule has 0 aromatic heterocycles. The molecule has 2 rings (SSSR count). The summed E-state index contributed by atoms with van der Waals surface area (Å²) >= 11 is 0. The van der Waals surface area contributed by atoms with Gasteiger partial charge in [0.05, 0.1) is 10.5 Å². The summed E-state index contributed by atoms with van der Waals surface area (Å²) in [5.74, 6) is 0. The highest BCUT2D eigenvalue weighted by molar-refractivity contribution is 5.40. The minimum absolute atomic E-state index is 0.00646. The summed E-state index contributed by atoms with van der Waals surface area (Å²) in [5, 5.41) is 13.2. The molecule has 0 amide bonds. The van der Waals surface area contributed by atoms with Crippen LogP contribution in [0.4, 0.5) is 5.69 Å². The van der Waals surface area contributed by atoms with Crippen LogP contribution in [0.25, 0.3) is 0 Å². The third kappa shape index (κ3) is 3.71. The smallest absolute Gasteiger partial charge is 0.277 e. The van der Waals surface area contributed by atoms with Crippen LogP contribution in [-0.2, 0) is 9.57 Å². The Morgan fingerprint density at radius 2 is 1.74 bits per heavy atom. The van der Waals surface area contributed by atoms with Crippen LogP contribution in [-0.4, -0.2) is 28.2 Å². The van der Waals surface area contributed by atoms with E-state index in [1.807, 2.05) is 5.06 Å². The van der Waals surface area contributed by atoms with Gasteiger partial charge in [-0.25, -0.2) is 0 Å². The van der Waals surface area contributed by atoms with Crippen molar-refractivity contribution in [2.24, 2.45) is 0 Å². The molecule has 1 heterocycles. The summed E-state index contributed by atoms with van der Waals surface area (Å²) < 4.78 is 5.45. The van der Waals surface area contributed by atoms with Crippen LogP contribution in [0.2, 0.25) is 0 Å². The highest BCUT2D eigenvalue weighted by Gasteiger charge is 2.44. The number of hydrogen-bond acceptors (Lipinski definition) is 5. The molecule has 1 aliphatic rings. The molecule has 128 valence electrons. The summed E-state index contributed by atoms with van der Waals surface area (Å²) in [4.78, 5) is 17.0. The molecule has 23 heavy (non-hydrogen) atoms. The number of ether oxygens (including phenoxy) is 1. The van der Waals surface area contributed by atoms with Crippen molar-refractivity contribution in [2.75, 3.05) is 7.11 Å². The highest BCUT2D eigenvalue weighted by atomic mass is 16.8. The van der Waals surface area contributed by atoms with E-state index in [4.69, 9.17) is 9.57 Å². The number of para-hydroxylation sites is 1. The molecular weight excluding hydrogens is 296 g/mol. The van der Waals surface area contributed by atoms with Gasteiger partial charge >= 0.3 is 0 Å². The minimum atomic E-state index is -0.812. The second-order valence-corrected chi connectivity index (χ2v) is 7.26. The number of methoxy groups -OCH3 is 1. The monoisotopic (exact) mass is 322 g/mol. The molecule has 6 heteroatoms. The van der Waals surface area contributed by atoms with E-state index in [-0.39, 0.29) is 16.8 Å². The van der Waals surface area contributed by atoms with E-state index in [2.05, 4.69) is 27.7 Å². The summed E-state index contributed by atoms with van der Waals surface area (Å²) in [5.41, 5.74) is 0.105. The third-order valence-corrected chi connectivity index (χ3v) is 4.48. The Bertz CT molecular complexity index is 555.